The van der Waals surface area contributed by atoms with Gasteiger partial charge in [0.25, 0.3) is 5.91 Å². The molecule has 3 rings (SSSR count). The van der Waals surface area contributed by atoms with Gasteiger partial charge in [-0.1, -0.05) is 18.2 Å². The third kappa shape index (κ3) is 3.83. The summed E-state index contributed by atoms with van der Waals surface area (Å²) < 4.78 is 15.1. The number of benzene rings is 2. The molecular weight excluding hydrogens is 378 g/mol. The number of hydrogen-bond donors (Lipinski definition) is 1. The number of aliphatic hydroxyl groups excluding tert-OH is 1. The van der Waals surface area contributed by atoms with E-state index in [1.807, 2.05) is 0 Å². The number of methoxy groups -OCH3 is 2. The average Bonchev–Trinajstić information content (AvgIpc) is 2.96. The summed E-state index contributed by atoms with van der Waals surface area (Å²) in [5.41, 5.74) is 0.637. The first-order chi connectivity index (χ1) is 14.0. The van der Waals surface area contributed by atoms with Gasteiger partial charge in [0, 0.05) is 12.7 Å². The highest BCUT2D eigenvalue weighted by atomic mass is 16.6. The largest absolute Gasteiger partial charge is 0.502 e. The summed E-state index contributed by atoms with van der Waals surface area (Å²) in [4.78, 5) is 38.3. The zero-order valence-corrected chi connectivity index (χ0v) is 15.9. The number of esters is 1. The van der Waals surface area contributed by atoms with E-state index in [4.69, 9.17) is 14.2 Å². The number of para-hydroxylation sites is 1. The topological polar surface area (TPSA) is 102 Å². The Morgan fingerprint density at radius 2 is 1.66 bits per heavy atom. The summed E-state index contributed by atoms with van der Waals surface area (Å²) in [6.45, 7) is 0.386. The molecule has 2 aromatic rings. The number of anilines is 1. The first-order valence-corrected chi connectivity index (χ1v) is 8.71. The Bertz CT molecular complexity index is 979. The van der Waals surface area contributed by atoms with Crippen molar-refractivity contribution in [2.75, 3.05) is 32.3 Å². The third-order valence-corrected chi connectivity index (χ3v) is 4.32. The smallest absolute Gasteiger partial charge is 0.338 e. The van der Waals surface area contributed by atoms with Gasteiger partial charge in [0.1, 0.15) is 12.4 Å². The number of imide groups is 1. The number of hydrogen-bond acceptors (Lipinski definition) is 7. The highest BCUT2D eigenvalue weighted by molar-refractivity contribution is 6.45. The van der Waals surface area contributed by atoms with Crippen LogP contribution in [0.1, 0.15) is 15.9 Å². The maximum Gasteiger partial charge on any atom is 0.338 e. The van der Waals surface area contributed by atoms with Gasteiger partial charge in [-0.05, 0) is 30.3 Å². The lowest BCUT2D eigenvalue weighted by atomic mass is 10.0. The van der Waals surface area contributed by atoms with Gasteiger partial charge >= 0.3 is 11.9 Å². The Labute approximate surface area is 166 Å². The van der Waals surface area contributed by atoms with Crippen molar-refractivity contribution in [2.24, 2.45) is 0 Å². The number of nitrogens with zero attached hydrogens (tertiary/aromatic N) is 1. The summed E-state index contributed by atoms with van der Waals surface area (Å²) >= 11 is 0. The summed E-state index contributed by atoms with van der Waals surface area (Å²) in [5, 5.41) is 10.3. The molecule has 0 atom stereocenters. The molecule has 150 valence electrons. The number of carbonyl (C=O) groups is 3. The molecule has 0 unspecified atom stereocenters. The molecule has 0 bridgehead atoms. The molecule has 1 heterocycles. The van der Waals surface area contributed by atoms with Crippen molar-refractivity contribution in [1.29, 1.82) is 0 Å². The van der Waals surface area contributed by atoms with Gasteiger partial charge in [-0.2, -0.15) is 0 Å². The van der Waals surface area contributed by atoms with Gasteiger partial charge in [0.05, 0.1) is 30.5 Å². The van der Waals surface area contributed by atoms with Crippen LogP contribution in [0.4, 0.5) is 5.69 Å². The highest BCUT2D eigenvalue weighted by Gasteiger charge is 2.41. The second-order valence-electron chi connectivity index (χ2n) is 6.05. The average molecular weight is 397 g/mol. The minimum absolute atomic E-state index is 0.111. The lowest BCUT2D eigenvalue weighted by molar-refractivity contribution is -0.121. The second kappa shape index (κ2) is 8.57. The van der Waals surface area contributed by atoms with E-state index in [0.29, 0.717) is 11.3 Å². The van der Waals surface area contributed by atoms with Crippen molar-refractivity contribution in [3.63, 3.8) is 0 Å². The van der Waals surface area contributed by atoms with Crippen molar-refractivity contribution >= 4 is 29.0 Å². The Morgan fingerprint density at radius 3 is 2.31 bits per heavy atom. The van der Waals surface area contributed by atoms with Gasteiger partial charge in [-0.25, -0.2) is 9.69 Å². The van der Waals surface area contributed by atoms with Crippen molar-refractivity contribution in [1.82, 2.24) is 0 Å². The van der Waals surface area contributed by atoms with Gasteiger partial charge < -0.3 is 19.3 Å². The summed E-state index contributed by atoms with van der Waals surface area (Å²) in [5.74, 6) is -2.41. The van der Waals surface area contributed by atoms with E-state index in [0.717, 1.165) is 4.90 Å². The fraction of sp³-hybridized carbons (Fsp3) is 0.190. The molecular formula is C21H19NO7. The molecule has 0 aliphatic carbocycles. The van der Waals surface area contributed by atoms with Gasteiger partial charge in [-0.3, -0.25) is 9.59 Å². The van der Waals surface area contributed by atoms with Crippen molar-refractivity contribution in [3.8, 4) is 5.75 Å². The minimum Gasteiger partial charge on any atom is -0.502 e. The quantitative estimate of drug-likeness (QED) is 0.435. The molecule has 0 radical (unpaired) electrons. The number of ether oxygens (including phenoxy) is 3. The van der Waals surface area contributed by atoms with Gasteiger partial charge in [-0.15, -0.1) is 0 Å². The number of amides is 2. The number of aliphatic hydroxyl groups is 1. The molecule has 8 heteroatoms. The summed E-state index contributed by atoms with van der Waals surface area (Å²) in [6, 6.07) is 12.3. The van der Waals surface area contributed by atoms with E-state index in [9.17, 15) is 19.5 Å². The SMILES string of the molecule is COCCOC(=O)c1ccc(N2C(=O)C(O)=C(c3ccccc3OC)C2=O)cc1. The van der Waals surface area contributed by atoms with Crippen LogP contribution in [0.5, 0.6) is 5.75 Å². The monoisotopic (exact) mass is 397 g/mol. The normalized spacial score (nSPS) is 13.8. The van der Waals surface area contributed by atoms with E-state index >= 15 is 0 Å². The molecule has 0 saturated carbocycles. The first-order valence-electron chi connectivity index (χ1n) is 8.71. The molecule has 2 amide bonds. The lowest BCUT2D eigenvalue weighted by Crippen LogP contribution is -2.31. The van der Waals surface area contributed by atoms with Crippen molar-refractivity contribution in [2.45, 2.75) is 0 Å². The molecule has 29 heavy (non-hydrogen) atoms. The fourth-order valence-electron chi connectivity index (χ4n) is 2.89. The predicted molar refractivity (Wildman–Crippen MR) is 104 cm³/mol. The maximum atomic E-state index is 12.9. The van der Waals surface area contributed by atoms with Crippen LogP contribution in [0.2, 0.25) is 0 Å². The Hall–Kier alpha value is -3.65. The Balaban J connectivity index is 1.85. The molecule has 0 aromatic heterocycles. The van der Waals surface area contributed by atoms with Crippen LogP contribution in [-0.4, -0.2) is 50.3 Å². The van der Waals surface area contributed by atoms with E-state index in [2.05, 4.69) is 0 Å². The van der Waals surface area contributed by atoms with E-state index in [1.54, 1.807) is 24.3 Å². The van der Waals surface area contributed by atoms with E-state index in [-0.39, 0.29) is 30.0 Å². The van der Waals surface area contributed by atoms with Gasteiger partial charge in [0.2, 0.25) is 0 Å². The molecule has 0 spiro atoms. The van der Waals surface area contributed by atoms with Crippen LogP contribution >= 0.6 is 0 Å². The van der Waals surface area contributed by atoms with Crippen LogP contribution in [0.25, 0.3) is 5.57 Å². The number of rotatable bonds is 7. The molecule has 0 fully saturated rings. The lowest BCUT2D eigenvalue weighted by Gasteiger charge is -2.15. The van der Waals surface area contributed by atoms with E-state index < -0.39 is 23.5 Å². The molecule has 1 aliphatic rings. The van der Waals surface area contributed by atoms with E-state index in [1.165, 1.54) is 38.5 Å². The predicted octanol–water partition coefficient (Wildman–Crippen LogP) is 2.34. The summed E-state index contributed by atoms with van der Waals surface area (Å²) in [7, 11) is 2.93. The van der Waals surface area contributed by atoms with Crippen LogP contribution < -0.4 is 9.64 Å². The van der Waals surface area contributed by atoms with Crippen molar-refractivity contribution in [3.05, 3.63) is 65.4 Å². The first kappa shape index (κ1) is 20.1. The molecule has 1 aliphatic heterocycles. The Morgan fingerprint density at radius 1 is 0.966 bits per heavy atom. The molecule has 2 aromatic carbocycles. The van der Waals surface area contributed by atoms with Crippen LogP contribution in [0.15, 0.2) is 54.3 Å². The standard InChI is InChI=1S/C21H19NO7/c1-27-11-12-29-21(26)13-7-9-14(10-8-13)22-19(24)17(18(23)20(22)25)15-5-3-4-6-16(15)28-2/h3-10,23H,11-12H2,1-2H3. The van der Waals surface area contributed by atoms with Crippen molar-refractivity contribution < 1.29 is 33.7 Å². The third-order valence-electron chi connectivity index (χ3n) is 4.32. The molecule has 8 nitrogen and oxygen atoms in total. The molecule has 0 saturated heterocycles. The highest BCUT2D eigenvalue weighted by Crippen LogP contribution is 2.35. The van der Waals surface area contributed by atoms with Crippen LogP contribution in [0.3, 0.4) is 0 Å². The summed E-state index contributed by atoms with van der Waals surface area (Å²) in [6.07, 6.45) is 0. The Kier molecular flexibility index (Phi) is 5.94. The van der Waals surface area contributed by atoms with Gasteiger partial charge in [0.15, 0.2) is 5.76 Å². The zero-order valence-electron chi connectivity index (χ0n) is 15.9. The maximum absolute atomic E-state index is 12.9. The molecule has 1 N–H and O–H groups in total. The fourth-order valence-corrected chi connectivity index (χ4v) is 2.89. The van der Waals surface area contributed by atoms with Crippen LogP contribution in [-0.2, 0) is 19.1 Å². The second-order valence-corrected chi connectivity index (χ2v) is 6.05. The zero-order chi connectivity index (χ0) is 21.0. The van der Waals surface area contributed by atoms with Crippen LogP contribution in [0, 0.1) is 0 Å². The minimum atomic E-state index is -0.855. The number of carbonyl (C=O) groups excluding carboxylic acids is 3.